The number of benzene rings is 1. The molecule has 0 radical (unpaired) electrons. The molecular formula is C12H13NO3. The lowest BCUT2D eigenvalue weighted by Gasteiger charge is -2.25. The van der Waals surface area contributed by atoms with Gasteiger partial charge >= 0.3 is 0 Å². The third-order valence-corrected chi connectivity index (χ3v) is 2.73. The Hall–Kier alpha value is -1.84. The molecule has 1 aromatic carbocycles. The summed E-state index contributed by atoms with van der Waals surface area (Å²) in [6.07, 6.45) is 1.40. The van der Waals surface area contributed by atoms with E-state index < -0.39 is 0 Å². The topological polar surface area (TPSA) is 57.6 Å². The molecule has 0 spiro atoms. The van der Waals surface area contributed by atoms with Crippen molar-refractivity contribution in [2.45, 2.75) is 26.2 Å². The van der Waals surface area contributed by atoms with Crippen LogP contribution in [0.3, 0.4) is 0 Å². The third kappa shape index (κ3) is 1.78. The van der Waals surface area contributed by atoms with Gasteiger partial charge in [-0.15, -0.1) is 0 Å². The molecule has 0 aromatic heterocycles. The Morgan fingerprint density at radius 1 is 1.19 bits per heavy atom. The van der Waals surface area contributed by atoms with Crippen LogP contribution in [-0.2, 0) is 9.59 Å². The summed E-state index contributed by atoms with van der Waals surface area (Å²) in [6.45, 7) is 1.76. The standard InChI is InChI=1S/C12H13NO3/c1-8-5-6-9(7-10(8)14)13-11(15)3-2-4-12(13)16/h5-7,14H,2-4H2,1H3. The first-order valence-corrected chi connectivity index (χ1v) is 5.25. The summed E-state index contributed by atoms with van der Waals surface area (Å²) in [5.41, 5.74) is 1.18. The lowest BCUT2D eigenvalue weighted by molar-refractivity contribution is -0.129. The van der Waals surface area contributed by atoms with Gasteiger partial charge in [-0.3, -0.25) is 14.5 Å². The highest BCUT2D eigenvalue weighted by atomic mass is 16.3. The number of hydrogen-bond donors (Lipinski definition) is 1. The van der Waals surface area contributed by atoms with Crippen molar-refractivity contribution in [3.05, 3.63) is 23.8 Å². The molecule has 1 saturated heterocycles. The Balaban J connectivity index is 2.38. The number of piperidine rings is 1. The minimum atomic E-state index is -0.195. The smallest absolute Gasteiger partial charge is 0.233 e. The monoisotopic (exact) mass is 219 g/mol. The normalized spacial score (nSPS) is 16.7. The molecule has 2 amide bonds. The van der Waals surface area contributed by atoms with E-state index in [1.54, 1.807) is 19.1 Å². The van der Waals surface area contributed by atoms with Crippen LogP contribution in [0.25, 0.3) is 0 Å². The van der Waals surface area contributed by atoms with E-state index in [0.29, 0.717) is 24.9 Å². The fourth-order valence-corrected chi connectivity index (χ4v) is 1.78. The molecule has 0 bridgehead atoms. The number of carbonyl (C=O) groups excluding carboxylic acids is 2. The molecule has 1 aliphatic heterocycles. The number of hydrogen-bond acceptors (Lipinski definition) is 3. The molecule has 16 heavy (non-hydrogen) atoms. The molecule has 0 saturated carbocycles. The second-order valence-corrected chi connectivity index (χ2v) is 3.95. The summed E-state index contributed by atoms with van der Waals surface area (Å²) >= 11 is 0. The van der Waals surface area contributed by atoms with Crippen molar-refractivity contribution in [1.29, 1.82) is 0 Å². The molecule has 4 nitrogen and oxygen atoms in total. The average Bonchev–Trinajstić information content (AvgIpc) is 2.23. The molecule has 2 rings (SSSR count). The van der Waals surface area contributed by atoms with Crippen LogP contribution in [0, 0.1) is 6.92 Å². The van der Waals surface area contributed by atoms with Crippen LogP contribution in [0.2, 0.25) is 0 Å². The van der Waals surface area contributed by atoms with Gasteiger partial charge in [0.1, 0.15) is 5.75 Å². The van der Waals surface area contributed by atoms with Crippen molar-refractivity contribution in [2.24, 2.45) is 0 Å². The van der Waals surface area contributed by atoms with Crippen molar-refractivity contribution < 1.29 is 14.7 Å². The summed E-state index contributed by atoms with van der Waals surface area (Å²) in [4.78, 5) is 24.4. The molecule has 1 N–H and O–H groups in total. The van der Waals surface area contributed by atoms with E-state index in [4.69, 9.17) is 0 Å². The highest BCUT2D eigenvalue weighted by molar-refractivity contribution is 6.16. The van der Waals surface area contributed by atoms with E-state index in [9.17, 15) is 14.7 Å². The van der Waals surface area contributed by atoms with Gasteiger partial charge in [0.25, 0.3) is 0 Å². The van der Waals surface area contributed by atoms with Crippen molar-refractivity contribution in [3.8, 4) is 5.75 Å². The van der Waals surface area contributed by atoms with Crippen molar-refractivity contribution >= 4 is 17.5 Å². The Morgan fingerprint density at radius 2 is 1.81 bits per heavy atom. The molecule has 1 aromatic rings. The van der Waals surface area contributed by atoms with Gasteiger partial charge in [-0.1, -0.05) is 6.07 Å². The van der Waals surface area contributed by atoms with Crippen LogP contribution in [0.5, 0.6) is 5.75 Å². The summed E-state index contributed by atoms with van der Waals surface area (Å²) in [6, 6.07) is 4.83. The minimum Gasteiger partial charge on any atom is -0.508 e. The fourth-order valence-electron chi connectivity index (χ4n) is 1.78. The molecule has 1 heterocycles. The minimum absolute atomic E-state index is 0.101. The van der Waals surface area contributed by atoms with E-state index in [2.05, 4.69) is 0 Å². The van der Waals surface area contributed by atoms with Crippen LogP contribution < -0.4 is 4.90 Å². The van der Waals surface area contributed by atoms with Gasteiger partial charge in [0, 0.05) is 18.9 Å². The molecule has 84 valence electrons. The predicted octanol–water partition coefficient (Wildman–Crippen LogP) is 1.74. The summed E-state index contributed by atoms with van der Waals surface area (Å²) < 4.78 is 0. The first kappa shape index (κ1) is 10.7. The number of phenols is 1. The first-order chi connectivity index (χ1) is 7.59. The first-order valence-electron chi connectivity index (χ1n) is 5.25. The molecule has 0 atom stereocenters. The number of anilines is 1. The van der Waals surface area contributed by atoms with E-state index in [0.717, 1.165) is 10.5 Å². The highest BCUT2D eigenvalue weighted by Gasteiger charge is 2.27. The predicted molar refractivity (Wildman–Crippen MR) is 59.2 cm³/mol. The molecule has 1 fully saturated rings. The number of aryl methyl sites for hydroxylation is 1. The van der Waals surface area contributed by atoms with E-state index in [-0.39, 0.29) is 17.6 Å². The number of phenolic OH excluding ortho intramolecular Hbond substituents is 1. The fraction of sp³-hybridized carbons (Fsp3) is 0.333. The van der Waals surface area contributed by atoms with E-state index >= 15 is 0 Å². The van der Waals surface area contributed by atoms with Crippen LogP contribution in [0.15, 0.2) is 18.2 Å². The Bertz CT molecular complexity index is 438. The van der Waals surface area contributed by atoms with Gasteiger partial charge < -0.3 is 5.11 Å². The molecule has 1 aliphatic rings. The summed E-state index contributed by atoms with van der Waals surface area (Å²) in [5.74, 6) is -0.289. The Labute approximate surface area is 93.5 Å². The highest BCUT2D eigenvalue weighted by Crippen LogP contribution is 2.27. The maximum absolute atomic E-state index is 11.6. The maximum atomic E-state index is 11.6. The molecule has 4 heteroatoms. The lowest BCUT2D eigenvalue weighted by atomic mass is 10.1. The van der Waals surface area contributed by atoms with Crippen molar-refractivity contribution in [2.75, 3.05) is 4.90 Å². The molecular weight excluding hydrogens is 206 g/mol. The van der Waals surface area contributed by atoms with Crippen molar-refractivity contribution in [1.82, 2.24) is 0 Å². The number of imide groups is 1. The van der Waals surface area contributed by atoms with Crippen LogP contribution in [0.1, 0.15) is 24.8 Å². The zero-order valence-electron chi connectivity index (χ0n) is 9.06. The van der Waals surface area contributed by atoms with Gasteiger partial charge in [-0.2, -0.15) is 0 Å². The van der Waals surface area contributed by atoms with Crippen LogP contribution >= 0.6 is 0 Å². The average molecular weight is 219 g/mol. The van der Waals surface area contributed by atoms with Gasteiger partial charge in [0.2, 0.25) is 11.8 Å². The third-order valence-electron chi connectivity index (χ3n) is 2.73. The maximum Gasteiger partial charge on any atom is 0.233 e. The second kappa shape index (κ2) is 3.96. The number of nitrogens with zero attached hydrogens (tertiary/aromatic N) is 1. The van der Waals surface area contributed by atoms with Gasteiger partial charge in [0.15, 0.2) is 0 Å². The molecule has 0 aliphatic carbocycles. The van der Waals surface area contributed by atoms with E-state index in [1.807, 2.05) is 0 Å². The Kier molecular flexibility index (Phi) is 2.64. The van der Waals surface area contributed by atoms with Gasteiger partial charge in [0.05, 0.1) is 5.69 Å². The number of amides is 2. The zero-order chi connectivity index (χ0) is 11.7. The van der Waals surface area contributed by atoms with Crippen LogP contribution in [-0.4, -0.2) is 16.9 Å². The van der Waals surface area contributed by atoms with Crippen LogP contribution in [0.4, 0.5) is 5.69 Å². The number of rotatable bonds is 1. The number of aromatic hydroxyl groups is 1. The second-order valence-electron chi connectivity index (χ2n) is 3.95. The van der Waals surface area contributed by atoms with E-state index in [1.165, 1.54) is 6.07 Å². The van der Waals surface area contributed by atoms with Gasteiger partial charge in [-0.05, 0) is 25.0 Å². The SMILES string of the molecule is Cc1ccc(N2C(=O)CCCC2=O)cc1O. The summed E-state index contributed by atoms with van der Waals surface area (Å²) in [5, 5.41) is 9.55. The van der Waals surface area contributed by atoms with Crippen molar-refractivity contribution in [3.63, 3.8) is 0 Å². The lowest BCUT2D eigenvalue weighted by Crippen LogP contribution is -2.40. The molecule has 0 unspecified atom stereocenters. The summed E-state index contributed by atoms with van der Waals surface area (Å²) in [7, 11) is 0. The quantitative estimate of drug-likeness (QED) is 0.732. The van der Waals surface area contributed by atoms with Gasteiger partial charge in [-0.25, -0.2) is 0 Å². The Morgan fingerprint density at radius 3 is 2.38 bits per heavy atom. The largest absolute Gasteiger partial charge is 0.508 e. The number of carbonyl (C=O) groups is 2. The zero-order valence-corrected chi connectivity index (χ0v) is 9.06.